The number of hydrogen-bond acceptors (Lipinski definition) is 3. The van der Waals surface area contributed by atoms with Gasteiger partial charge < -0.3 is 5.73 Å². The van der Waals surface area contributed by atoms with Gasteiger partial charge in [-0.2, -0.15) is 0 Å². The van der Waals surface area contributed by atoms with E-state index in [2.05, 4.69) is 0 Å². The SMILES string of the molecule is CCN(c1cccc(F)c1)S(=O)(=O)c1ccc(C)cc1N. The summed E-state index contributed by atoms with van der Waals surface area (Å²) in [4.78, 5) is 0.0270. The Balaban J connectivity index is 2.54. The van der Waals surface area contributed by atoms with Crippen LogP contribution in [0.4, 0.5) is 15.8 Å². The minimum Gasteiger partial charge on any atom is -0.398 e. The Morgan fingerprint density at radius 2 is 1.90 bits per heavy atom. The highest BCUT2D eigenvalue weighted by Crippen LogP contribution is 2.27. The number of benzene rings is 2. The molecule has 2 aromatic rings. The zero-order valence-corrected chi connectivity index (χ0v) is 12.7. The average Bonchev–Trinajstić information content (AvgIpc) is 2.38. The number of hydrogen-bond donors (Lipinski definition) is 1. The van der Waals surface area contributed by atoms with Crippen molar-refractivity contribution in [2.24, 2.45) is 0 Å². The quantitative estimate of drug-likeness (QED) is 0.883. The zero-order valence-electron chi connectivity index (χ0n) is 11.9. The van der Waals surface area contributed by atoms with E-state index in [4.69, 9.17) is 5.73 Å². The van der Waals surface area contributed by atoms with E-state index in [9.17, 15) is 12.8 Å². The Morgan fingerprint density at radius 3 is 2.48 bits per heavy atom. The molecule has 0 fully saturated rings. The van der Waals surface area contributed by atoms with Crippen LogP contribution < -0.4 is 10.0 Å². The highest BCUT2D eigenvalue weighted by molar-refractivity contribution is 7.93. The molecule has 0 aliphatic heterocycles. The number of aryl methyl sites for hydroxylation is 1. The minimum absolute atomic E-state index is 0.0270. The summed E-state index contributed by atoms with van der Waals surface area (Å²) in [5.41, 5.74) is 7.16. The fourth-order valence-corrected chi connectivity index (χ4v) is 3.71. The maximum absolute atomic E-state index is 13.3. The predicted octanol–water partition coefficient (Wildman–Crippen LogP) is 2.93. The third-order valence-corrected chi connectivity index (χ3v) is 5.09. The van der Waals surface area contributed by atoms with E-state index in [0.717, 1.165) is 9.87 Å². The van der Waals surface area contributed by atoms with Gasteiger partial charge >= 0.3 is 0 Å². The highest BCUT2D eigenvalue weighted by atomic mass is 32.2. The molecule has 0 saturated heterocycles. The van der Waals surface area contributed by atoms with Gasteiger partial charge in [0, 0.05) is 6.54 Å². The summed E-state index contributed by atoms with van der Waals surface area (Å²) in [6.45, 7) is 3.70. The van der Waals surface area contributed by atoms with Gasteiger partial charge in [-0.1, -0.05) is 12.1 Å². The lowest BCUT2D eigenvalue weighted by molar-refractivity contribution is 0.592. The number of halogens is 1. The summed E-state index contributed by atoms with van der Waals surface area (Å²) in [5, 5.41) is 0. The Kier molecular flexibility index (Phi) is 4.18. The van der Waals surface area contributed by atoms with E-state index in [1.165, 1.54) is 24.3 Å². The molecule has 6 heteroatoms. The van der Waals surface area contributed by atoms with Crippen molar-refractivity contribution < 1.29 is 12.8 Å². The number of anilines is 2. The Hall–Kier alpha value is -2.08. The second-order valence-corrected chi connectivity index (χ2v) is 6.52. The van der Waals surface area contributed by atoms with Gasteiger partial charge in [0.2, 0.25) is 0 Å². The molecule has 21 heavy (non-hydrogen) atoms. The van der Waals surface area contributed by atoms with Gasteiger partial charge in [-0.05, 0) is 49.7 Å². The van der Waals surface area contributed by atoms with Gasteiger partial charge in [0.15, 0.2) is 0 Å². The van der Waals surface area contributed by atoms with Crippen LogP contribution in [0.3, 0.4) is 0 Å². The topological polar surface area (TPSA) is 63.4 Å². The van der Waals surface area contributed by atoms with Crippen molar-refractivity contribution in [1.82, 2.24) is 0 Å². The molecule has 112 valence electrons. The smallest absolute Gasteiger partial charge is 0.266 e. The van der Waals surface area contributed by atoms with Crippen LogP contribution in [0.5, 0.6) is 0 Å². The van der Waals surface area contributed by atoms with Gasteiger partial charge in [0.05, 0.1) is 11.4 Å². The first-order chi connectivity index (χ1) is 9.86. The first-order valence-corrected chi connectivity index (χ1v) is 7.94. The number of nitrogen functional groups attached to an aromatic ring is 1. The van der Waals surface area contributed by atoms with E-state index >= 15 is 0 Å². The van der Waals surface area contributed by atoms with Crippen molar-refractivity contribution in [1.29, 1.82) is 0 Å². The normalized spacial score (nSPS) is 11.4. The molecular weight excluding hydrogens is 291 g/mol. The van der Waals surface area contributed by atoms with Crippen molar-refractivity contribution >= 4 is 21.4 Å². The van der Waals surface area contributed by atoms with Crippen LogP contribution in [0.1, 0.15) is 12.5 Å². The first kappa shape index (κ1) is 15.3. The van der Waals surface area contributed by atoms with Crippen molar-refractivity contribution in [2.45, 2.75) is 18.7 Å². The molecule has 0 radical (unpaired) electrons. The fourth-order valence-electron chi connectivity index (χ4n) is 2.14. The Morgan fingerprint density at radius 1 is 1.19 bits per heavy atom. The molecular formula is C15H17FN2O2S. The fraction of sp³-hybridized carbons (Fsp3) is 0.200. The summed E-state index contributed by atoms with van der Waals surface area (Å²) in [5.74, 6) is -0.488. The van der Waals surface area contributed by atoms with Gasteiger partial charge in [-0.3, -0.25) is 4.31 Å². The third-order valence-electron chi connectivity index (χ3n) is 3.12. The summed E-state index contributed by atoms with van der Waals surface area (Å²) in [6, 6.07) is 10.2. The van der Waals surface area contributed by atoms with Gasteiger partial charge in [-0.15, -0.1) is 0 Å². The summed E-state index contributed by atoms with van der Waals surface area (Å²) >= 11 is 0. The maximum Gasteiger partial charge on any atom is 0.266 e. The molecule has 0 heterocycles. The molecule has 0 saturated carbocycles. The van der Waals surface area contributed by atoms with Crippen LogP contribution in [0, 0.1) is 12.7 Å². The first-order valence-electron chi connectivity index (χ1n) is 6.50. The van der Waals surface area contributed by atoms with Crippen molar-refractivity contribution in [3.05, 3.63) is 53.8 Å². The van der Waals surface area contributed by atoms with Gasteiger partial charge in [-0.25, -0.2) is 12.8 Å². The molecule has 0 aromatic heterocycles. The van der Waals surface area contributed by atoms with Crippen molar-refractivity contribution in [2.75, 3.05) is 16.6 Å². The number of sulfonamides is 1. The van der Waals surface area contributed by atoms with E-state index in [0.29, 0.717) is 0 Å². The lowest BCUT2D eigenvalue weighted by Gasteiger charge is -2.23. The largest absolute Gasteiger partial charge is 0.398 e. The summed E-state index contributed by atoms with van der Waals surface area (Å²) < 4.78 is 39.9. The molecule has 0 spiro atoms. The molecule has 0 aliphatic rings. The molecule has 0 atom stereocenters. The second kappa shape index (κ2) is 5.73. The lowest BCUT2D eigenvalue weighted by atomic mass is 10.2. The standard InChI is InChI=1S/C15H17FN2O2S/c1-3-18(13-6-4-5-12(16)10-13)21(19,20)15-8-7-11(2)9-14(15)17/h4-10H,3,17H2,1-2H3. The molecule has 0 aliphatic carbocycles. The van der Waals surface area contributed by atoms with Crippen LogP contribution in [-0.2, 0) is 10.0 Å². The average molecular weight is 308 g/mol. The highest BCUT2D eigenvalue weighted by Gasteiger charge is 2.25. The Bertz CT molecular complexity index is 760. The number of nitrogens with zero attached hydrogens (tertiary/aromatic N) is 1. The molecule has 0 bridgehead atoms. The summed E-state index contributed by atoms with van der Waals surface area (Å²) in [7, 11) is -3.83. The van der Waals surface area contributed by atoms with Crippen LogP contribution in [-0.4, -0.2) is 15.0 Å². The molecule has 2 N–H and O–H groups in total. The number of rotatable bonds is 4. The second-order valence-electron chi connectivity index (χ2n) is 4.69. The van der Waals surface area contributed by atoms with E-state index < -0.39 is 15.8 Å². The number of nitrogens with two attached hydrogens (primary N) is 1. The molecule has 0 unspecified atom stereocenters. The van der Waals surface area contributed by atoms with Crippen LogP contribution >= 0.6 is 0 Å². The van der Waals surface area contributed by atoms with Crippen LogP contribution in [0.25, 0.3) is 0 Å². The van der Waals surface area contributed by atoms with Gasteiger partial charge in [0.1, 0.15) is 10.7 Å². The van der Waals surface area contributed by atoms with Gasteiger partial charge in [0.25, 0.3) is 10.0 Å². The Labute approximate surface area is 124 Å². The zero-order chi connectivity index (χ0) is 15.6. The van der Waals surface area contributed by atoms with Crippen molar-refractivity contribution in [3.8, 4) is 0 Å². The van der Waals surface area contributed by atoms with Crippen LogP contribution in [0.15, 0.2) is 47.4 Å². The summed E-state index contributed by atoms with van der Waals surface area (Å²) in [6.07, 6.45) is 0. The monoisotopic (exact) mass is 308 g/mol. The third kappa shape index (κ3) is 3.00. The van der Waals surface area contributed by atoms with E-state index in [-0.39, 0.29) is 22.8 Å². The molecule has 2 rings (SSSR count). The maximum atomic E-state index is 13.3. The lowest BCUT2D eigenvalue weighted by Crippen LogP contribution is -2.31. The van der Waals surface area contributed by atoms with Crippen LogP contribution in [0.2, 0.25) is 0 Å². The predicted molar refractivity (Wildman–Crippen MR) is 82.2 cm³/mol. The minimum atomic E-state index is -3.83. The molecule has 0 amide bonds. The van der Waals surface area contributed by atoms with E-state index in [1.54, 1.807) is 25.1 Å². The van der Waals surface area contributed by atoms with Crippen molar-refractivity contribution in [3.63, 3.8) is 0 Å². The van der Waals surface area contributed by atoms with E-state index in [1.807, 2.05) is 6.92 Å². The molecule has 4 nitrogen and oxygen atoms in total. The molecule has 2 aromatic carbocycles.